The van der Waals surface area contributed by atoms with E-state index in [2.05, 4.69) is 48.1 Å². The molecule has 6 rings (SSSR count). The second-order valence-electron chi connectivity index (χ2n) is 17.5. The first-order chi connectivity index (χ1) is 20.9. The van der Waals surface area contributed by atoms with E-state index in [1.54, 1.807) is 0 Å². The lowest BCUT2D eigenvalue weighted by molar-refractivity contribution is -0.277. The van der Waals surface area contributed by atoms with E-state index in [4.69, 9.17) is 9.47 Å². The molecule has 0 bridgehead atoms. The van der Waals surface area contributed by atoms with Crippen molar-refractivity contribution in [1.82, 2.24) is 0 Å². The van der Waals surface area contributed by atoms with Gasteiger partial charge in [0.1, 0.15) is 30.2 Å². The summed E-state index contributed by atoms with van der Waals surface area (Å²) in [7, 11) is 1.18. The van der Waals surface area contributed by atoms with Gasteiger partial charge in [-0.2, -0.15) is 0 Å². The van der Waals surface area contributed by atoms with Gasteiger partial charge in [0.25, 0.3) is 0 Å². The molecular weight excluding hydrogens is 572 g/mol. The van der Waals surface area contributed by atoms with E-state index in [0.717, 1.165) is 63.4 Å². The molecule has 4 N–H and O–H groups in total. The number of carbonyl (C=O) groups excluding carboxylic acids is 2. The van der Waals surface area contributed by atoms with E-state index in [9.17, 15) is 30.0 Å². The molecule has 7 unspecified atom stereocenters. The van der Waals surface area contributed by atoms with Crippen LogP contribution in [-0.2, 0) is 19.1 Å². The molecule has 0 aromatic rings. The van der Waals surface area contributed by atoms with E-state index in [-0.39, 0.29) is 33.5 Å². The van der Waals surface area contributed by atoms with Crippen molar-refractivity contribution in [1.29, 1.82) is 0 Å². The van der Waals surface area contributed by atoms with Gasteiger partial charge in [-0.3, -0.25) is 4.79 Å². The van der Waals surface area contributed by atoms with Crippen molar-refractivity contribution in [2.24, 2.45) is 56.7 Å². The van der Waals surface area contributed by atoms with Crippen molar-refractivity contribution < 1.29 is 39.5 Å². The molecule has 1 aliphatic heterocycles. The second-order valence-corrected chi connectivity index (χ2v) is 17.5. The third-order valence-corrected chi connectivity index (χ3v) is 15.9. The van der Waals surface area contributed by atoms with E-state index in [1.165, 1.54) is 7.11 Å². The first-order valence-corrected chi connectivity index (χ1v) is 17.6. The Hall–Kier alpha value is -1.32. The molecule has 6 fully saturated rings. The van der Waals surface area contributed by atoms with Crippen LogP contribution in [0.1, 0.15) is 106 Å². The number of carbonyl (C=O) groups is 2. The lowest BCUT2D eigenvalue weighted by Crippen LogP contribution is -2.69. The van der Waals surface area contributed by atoms with Crippen molar-refractivity contribution in [2.45, 2.75) is 142 Å². The van der Waals surface area contributed by atoms with Crippen LogP contribution >= 0.6 is 0 Å². The Bertz CT molecular complexity index is 1230. The standard InChI is InChI=1S/C37H58O8/c1-19(2)20-11-16-37(31(42)29-27(40)26(39)28(41)30(45-29)32(43)44-8)18-17-35(6)21(25(20)37)9-10-23-34(5)14-13-24(38)33(3,4)22(34)12-15-36(23,35)7/h20-23,25-31,39-42H,1,9-18H2,2-8H3/t20-,21?,22?,23?,25?,26+,27?,28-,29+,30?,31?,34-,35+,36+,37-/m0/s1. The predicted molar refractivity (Wildman–Crippen MR) is 169 cm³/mol. The zero-order valence-electron chi connectivity index (χ0n) is 28.6. The SMILES string of the molecule is C=C(C)[C@@H]1CC[C@]2(C(O)[C@@H]3OC(C(=O)OC)[C@@H](O)[C@H](O)C3O)CC[C@]3(C)C(CCC4[C@@]5(C)CCC(=O)C(C)(C)C5CC[C@]43C)C12. The van der Waals surface area contributed by atoms with Crippen LogP contribution in [0.5, 0.6) is 0 Å². The minimum atomic E-state index is -1.66. The summed E-state index contributed by atoms with van der Waals surface area (Å²) in [4.78, 5) is 25.6. The largest absolute Gasteiger partial charge is 0.467 e. The van der Waals surface area contributed by atoms with Crippen molar-refractivity contribution in [3.8, 4) is 0 Å². The Balaban J connectivity index is 1.37. The number of aliphatic hydroxyl groups is 4. The van der Waals surface area contributed by atoms with E-state index >= 15 is 0 Å². The predicted octanol–water partition coefficient (Wildman–Crippen LogP) is 4.60. The molecule has 254 valence electrons. The number of hydrogen-bond acceptors (Lipinski definition) is 8. The summed E-state index contributed by atoms with van der Waals surface area (Å²) >= 11 is 0. The Kier molecular flexibility index (Phi) is 8.09. The minimum Gasteiger partial charge on any atom is -0.467 e. The third-order valence-electron chi connectivity index (χ3n) is 15.9. The maximum atomic E-state index is 13.1. The summed E-state index contributed by atoms with van der Waals surface area (Å²) in [6.45, 7) is 18.4. The molecule has 0 aromatic heterocycles. The van der Waals surface area contributed by atoms with Gasteiger partial charge in [0.15, 0.2) is 6.10 Å². The molecule has 1 heterocycles. The van der Waals surface area contributed by atoms with E-state index in [1.807, 2.05) is 0 Å². The topological polar surface area (TPSA) is 134 Å². The van der Waals surface area contributed by atoms with Gasteiger partial charge in [0, 0.05) is 17.3 Å². The average Bonchev–Trinajstić information content (AvgIpc) is 3.39. The molecule has 1 saturated heterocycles. The van der Waals surface area contributed by atoms with Gasteiger partial charge in [-0.1, -0.05) is 46.8 Å². The Labute approximate surface area is 269 Å². The van der Waals surface area contributed by atoms with Crippen molar-refractivity contribution in [2.75, 3.05) is 7.11 Å². The monoisotopic (exact) mass is 630 g/mol. The van der Waals surface area contributed by atoms with Crippen molar-refractivity contribution in [3.05, 3.63) is 12.2 Å². The number of hydrogen-bond donors (Lipinski definition) is 4. The smallest absolute Gasteiger partial charge is 0.337 e. The van der Waals surface area contributed by atoms with E-state index < -0.39 is 48.0 Å². The highest BCUT2D eigenvalue weighted by molar-refractivity contribution is 5.85. The number of aliphatic hydroxyl groups excluding tert-OH is 4. The van der Waals surface area contributed by atoms with Crippen LogP contribution < -0.4 is 0 Å². The fraction of sp³-hybridized carbons (Fsp3) is 0.892. The molecule has 0 aromatic carbocycles. The zero-order chi connectivity index (χ0) is 33.1. The summed E-state index contributed by atoms with van der Waals surface area (Å²) in [5.74, 6) is 1.10. The van der Waals surface area contributed by atoms with Crippen LogP contribution in [0.4, 0.5) is 0 Å². The van der Waals surface area contributed by atoms with E-state index in [0.29, 0.717) is 30.0 Å². The highest BCUT2D eigenvalue weighted by Crippen LogP contribution is 2.77. The summed E-state index contributed by atoms with van der Waals surface area (Å²) in [5, 5.41) is 44.9. The summed E-state index contributed by atoms with van der Waals surface area (Å²) < 4.78 is 10.8. The molecule has 6 aliphatic rings. The van der Waals surface area contributed by atoms with Crippen molar-refractivity contribution >= 4 is 11.8 Å². The van der Waals surface area contributed by atoms with Gasteiger partial charge in [0.05, 0.1) is 13.2 Å². The molecular formula is C37H58O8. The summed E-state index contributed by atoms with van der Waals surface area (Å²) in [5.41, 5.74) is 0.421. The zero-order valence-corrected chi connectivity index (χ0v) is 28.6. The lowest BCUT2D eigenvalue weighted by atomic mass is 9.32. The van der Waals surface area contributed by atoms with Crippen LogP contribution in [0.25, 0.3) is 0 Å². The maximum absolute atomic E-state index is 13.1. The highest BCUT2D eigenvalue weighted by Gasteiger charge is 2.72. The Morgan fingerprint density at radius 3 is 2.22 bits per heavy atom. The lowest BCUT2D eigenvalue weighted by Gasteiger charge is -2.72. The fourth-order valence-corrected chi connectivity index (χ4v) is 13.3. The van der Waals surface area contributed by atoms with Gasteiger partial charge in [-0.25, -0.2) is 4.79 Å². The Morgan fingerprint density at radius 1 is 0.889 bits per heavy atom. The average molecular weight is 631 g/mol. The quantitative estimate of drug-likeness (QED) is 0.262. The first-order valence-electron chi connectivity index (χ1n) is 17.6. The molecule has 0 amide bonds. The van der Waals surface area contributed by atoms with Crippen LogP contribution in [0, 0.1) is 56.7 Å². The Morgan fingerprint density at radius 2 is 1.58 bits per heavy atom. The molecule has 0 spiro atoms. The highest BCUT2D eigenvalue weighted by atomic mass is 16.6. The molecule has 5 saturated carbocycles. The van der Waals surface area contributed by atoms with Gasteiger partial charge in [-0.05, 0) is 111 Å². The summed E-state index contributed by atoms with van der Waals surface area (Å²) in [6.07, 6.45) is 0.476. The number of Topliss-reactive ketones (excluding diaryl/α,β-unsaturated/α-hetero) is 1. The number of ether oxygens (including phenoxy) is 2. The molecule has 0 radical (unpaired) electrons. The first kappa shape index (κ1) is 33.6. The fourth-order valence-electron chi connectivity index (χ4n) is 13.3. The van der Waals surface area contributed by atoms with Gasteiger partial charge in [-0.15, -0.1) is 0 Å². The second kappa shape index (κ2) is 10.8. The molecule has 15 atom stereocenters. The number of methoxy groups -OCH3 is 1. The minimum absolute atomic E-state index is 0.0116. The normalized spacial score (nSPS) is 52.9. The van der Waals surface area contributed by atoms with Crippen LogP contribution in [0.15, 0.2) is 12.2 Å². The molecule has 8 nitrogen and oxygen atoms in total. The molecule has 5 aliphatic carbocycles. The van der Waals surface area contributed by atoms with Crippen LogP contribution in [-0.4, -0.2) is 75.9 Å². The number of rotatable bonds is 4. The number of allylic oxidation sites excluding steroid dienone is 1. The van der Waals surface area contributed by atoms with Gasteiger partial charge >= 0.3 is 5.97 Å². The number of esters is 1. The maximum Gasteiger partial charge on any atom is 0.337 e. The number of fused-ring (bicyclic) bond motifs is 7. The third kappa shape index (κ3) is 4.33. The summed E-state index contributed by atoms with van der Waals surface area (Å²) in [6, 6.07) is 0. The van der Waals surface area contributed by atoms with Crippen molar-refractivity contribution in [3.63, 3.8) is 0 Å². The molecule has 8 heteroatoms. The molecule has 45 heavy (non-hydrogen) atoms. The van der Waals surface area contributed by atoms with Crippen LogP contribution in [0.3, 0.4) is 0 Å². The van der Waals surface area contributed by atoms with Crippen LogP contribution in [0.2, 0.25) is 0 Å². The van der Waals surface area contributed by atoms with Gasteiger partial charge in [0.2, 0.25) is 0 Å². The van der Waals surface area contributed by atoms with Gasteiger partial charge < -0.3 is 29.9 Å². The number of ketones is 1.